The molecule has 3 rings (SSSR count). The van der Waals surface area contributed by atoms with Gasteiger partial charge in [-0.05, 0) is 44.0 Å². The molecule has 1 aliphatic carbocycles. The lowest BCUT2D eigenvalue weighted by Crippen LogP contribution is -2.40. The topological polar surface area (TPSA) is 47.3 Å². The van der Waals surface area contributed by atoms with Crippen LogP contribution >= 0.6 is 0 Å². The van der Waals surface area contributed by atoms with E-state index in [-0.39, 0.29) is 0 Å². The van der Waals surface area contributed by atoms with E-state index < -0.39 is 0 Å². The van der Waals surface area contributed by atoms with Crippen molar-refractivity contribution in [1.82, 2.24) is 4.98 Å². The molecular weight excluding hydrogens is 240 g/mol. The van der Waals surface area contributed by atoms with Crippen molar-refractivity contribution in [2.75, 3.05) is 11.9 Å². The van der Waals surface area contributed by atoms with Gasteiger partial charge in [-0.25, -0.2) is 4.98 Å². The summed E-state index contributed by atoms with van der Waals surface area (Å²) >= 11 is 0. The third-order valence-corrected chi connectivity index (χ3v) is 3.47. The van der Waals surface area contributed by atoms with Crippen LogP contribution in [0, 0.1) is 0 Å². The van der Waals surface area contributed by atoms with Gasteiger partial charge in [0.05, 0.1) is 12.3 Å². The minimum Gasteiger partial charge on any atom is -0.444 e. The van der Waals surface area contributed by atoms with Gasteiger partial charge >= 0.3 is 0 Å². The average molecular weight is 258 g/mol. The van der Waals surface area contributed by atoms with Crippen molar-refractivity contribution >= 4 is 5.69 Å². The van der Waals surface area contributed by atoms with Crippen LogP contribution in [0.1, 0.15) is 19.8 Å². The molecule has 1 aromatic carbocycles. The SMILES string of the molecule is CCOC1CC(Nc2ccc(-c3cnco3)cc2)C1. The molecule has 4 nitrogen and oxygen atoms in total. The molecule has 0 atom stereocenters. The van der Waals surface area contributed by atoms with Crippen molar-refractivity contribution in [2.45, 2.75) is 31.9 Å². The molecule has 1 aliphatic rings. The molecule has 100 valence electrons. The van der Waals surface area contributed by atoms with Crippen LogP contribution in [0.4, 0.5) is 5.69 Å². The highest BCUT2D eigenvalue weighted by Gasteiger charge is 2.29. The third-order valence-electron chi connectivity index (χ3n) is 3.47. The summed E-state index contributed by atoms with van der Waals surface area (Å²) in [7, 11) is 0. The lowest BCUT2D eigenvalue weighted by Gasteiger charge is -2.36. The van der Waals surface area contributed by atoms with Gasteiger partial charge in [0.2, 0.25) is 0 Å². The van der Waals surface area contributed by atoms with Gasteiger partial charge in [0.15, 0.2) is 12.2 Å². The Balaban J connectivity index is 1.56. The lowest BCUT2D eigenvalue weighted by atomic mass is 9.89. The Hall–Kier alpha value is -1.81. The Kier molecular flexibility index (Phi) is 3.51. The van der Waals surface area contributed by atoms with Gasteiger partial charge in [0.1, 0.15) is 0 Å². The standard InChI is InChI=1S/C15H18N2O2/c1-2-18-14-7-13(8-14)17-12-5-3-11(4-6-12)15-9-16-10-19-15/h3-6,9-10,13-14,17H,2,7-8H2,1H3. The summed E-state index contributed by atoms with van der Waals surface area (Å²) in [5, 5.41) is 3.51. The van der Waals surface area contributed by atoms with Crippen LogP contribution in [-0.4, -0.2) is 23.7 Å². The Morgan fingerprint density at radius 1 is 1.32 bits per heavy atom. The quantitative estimate of drug-likeness (QED) is 0.893. The summed E-state index contributed by atoms with van der Waals surface area (Å²) in [4.78, 5) is 3.92. The maximum absolute atomic E-state index is 5.55. The molecule has 0 bridgehead atoms. The van der Waals surface area contributed by atoms with Crippen LogP contribution in [0.5, 0.6) is 0 Å². The van der Waals surface area contributed by atoms with Gasteiger partial charge in [0.25, 0.3) is 0 Å². The van der Waals surface area contributed by atoms with Gasteiger partial charge in [-0.1, -0.05) is 0 Å². The Bertz CT molecular complexity index is 501. The molecule has 0 saturated heterocycles. The van der Waals surface area contributed by atoms with Gasteiger partial charge in [-0.2, -0.15) is 0 Å². The van der Waals surface area contributed by atoms with Crippen molar-refractivity contribution in [2.24, 2.45) is 0 Å². The molecule has 19 heavy (non-hydrogen) atoms. The van der Waals surface area contributed by atoms with Crippen molar-refractivity contribution < 1.29 is 9.15 Å². The van der Waals surface area contributed by atoms with Crippen molar-refractivity contribution in [3.05, 3.63) is 36.9 Å². The normalized spacial score (nSPS) is 21.9. The van der Waals surface area contributed by atoms with Crippen LogP contribution in [-0.2, 0) is 4.74 Å². The predicted octanol–water partition coefficient (Wildman–Crippen LogP) is 3.32. The maximum atomic E-state index is 5.55. The number of aromatic nitrogens is 1. The minimum atomic E-state index is 0.441. The molecule has 1 N–H and O–H groups in total. The second-order valence-electron chi connectivity index (χ2n) is 4.83. The zero-order valence-electron chi connectivity index (χ0n) is 11.0. The smallest absolute Gasteiger partial charge is 0.181 e. The second kappa shape index (κ2) is 5.45. The molecule has 1 heterocycles. The summed E-state index contributed by atoms with van der Waals surface area (Å²) in [6, 6.07) is 8.77. The fraction of sp³-hybridized carbons (Fsp3) is 0.400. The average Bonchev–Trinajstić information content (AvgIpc) is 2.91. The highest BCUT2D eigenvalue weighted by Crippen LogP contribution is 2.28. The number of nitrogens with zero attached hydrogens (tertiary/aromatic N) is 1. The molecule has 1 aromatic heterocycles. The zero-order chi connectivity index (χ0) is 13.1. The monoisotopic (exact) mass is 258 g/mol. The fourth-order valence-electron chi connectivity index (χ4n) is 2.38. The fourth-order valence-corrected chi connectivity index (χ4v) is 2.38. The summed E-state index contributed by atoms with van der Waals surface area (Å²) in [5.74, 6) is 0.798. The first-order chi connectivity index (χ1) is 9.35. The number of hydrogen-bond donors (Lipinski definition) is 1. The largest absolute Gasteiger partial charge is 0.444 e. The number of rotatable bonds is 5. The molecule has 0 unspecified atom stereocenters. The van der Waals surface area contributed by atoms with E-state index in [0.29, 0.717) is 12.1 Å². The van der Waals surface area contributed by atoms with Crippen LogP contribution in [0.3, 0.4) is 0 Å². The highest BCUT2D eigenvalue weighted by atomic mass is 16.5. The molecule has 4 heteroatoms. The molecule has 2 aromatic rings. The van der Waals surface area contributed by atoms with E-state index in [1.807, 2.05) is 19.1 Å². The van der Waals surface area contributed by atoms with E-state index in [1.54, 1.807) is 6.20 Å². The molecular formula is C15H18N2O2. The number of benzene rings is 1. The van der Waals surface area contributed by atoms with E-state index in [2.05, 4.69) is 22.4 Å². The van der Waals surface area contributed by atoms with Crippen LogP contribution < -0.4 is 5.32 Å². The zero-order valence-corrected chi connectivity index (χ0v) is 11.0. The van der Waals surface area contributed by atoms with Crippen molar-refractivity contribution in [3.63, 3.8) is 0 Å². The molecule has 0 radical (unpaired) electrons. The van der Waals surface area contributed by atoms with Crippen LogP contribution in [0.25, 0.3) is 11.3 Å². The first-order valence-electron chi connectivity index (χ1n) is 6.72. The number of hydrogen-bond acceptors (Lipinski definition) is 4. The Labute approximate surface area is 112 Å². The Morgan fingerprint density at radius 2 is 2.11 bits per heavy atom. The highest BCUT2D eigenvalue weighted by molar-refractivity contribution is 5.60. The van der Waals surface area contributed by atoms with E-state index in [4.69, 9.17) is 9.15 Å². The predicted molar refractivity (Wildman–Crippen MR) is 74.0 cm³/mol. The summed E-state index contributed by atoms with van der Waals surface area (Å²) < 4.78 is 10.8. The number of anilines is 1. The maximum Gasteiger partial charge on any atom is 0.181 e. The molecule has 0 aliphatic heterocycles. The first-order valence-corrected chi connectivity index (χ1v) is 6.72. The van der Waals surface area contributed by atoms with Gasteiger partial charge in [-0.3, -0.25) is 0 Å². The summed E-state index contributed by atoms with van der Waals surface area (Å²) in [6.45, 7) is 2.85. The summed E-state index contributed by atoms with van der Waals surface area (Å²) in [6.07, 6.45) is 5.80. The number of nitrogens with one attached hydrogen (secondary N) is 1. The van der Waals surface area contributed by atoms with Gasteiger partial charge < -0.3 is 14.5 Å². The molecule has 1 fully saturated rings. The van der Waals surface area contributed by atoms with Crippen molar-refractivity contribution in [3.8, 4) is 11.3 Å². The molecule has 1 saturated carbocycles. The molecule has 0 amide bonds. The van der Waals surface area contributed by atoms with Crippen LogP contribution in [0.2, 0.25) is 0 Å². The minimum absolute atomic E-state index is 0.441. The van der Waals surface area contributed by atoms with Crippen molar-refractivity contribution in [1.29, 1.82) is 0 Å². The van der Waals surface area contributed by atoms with Crippen LogP contribution in [0.15, 0.2) is 41.3 Å². The number of ether oxygens (including phenoxy) is 1. The second-order valence-corrected chi connectivity index (χ2v) is 4.83. The van der Waals surface area contributed by atoms with Gasteiger partial charge in [-0.15, -0.1) is 0 Å². The van der Waals surface area contributed by atoms with E-state index in [1.165, 1.54) is 6.39 Å². The third kappa shape index (κ3) is 2.79. The van der Waals surface area contributed by atoms with E-state index in [9.17, 15) is 0 Å². The Morgan fingerprint density at radius 3 is 2.74 bits per heavy atom. The summed E-state index contributed by atoms with van der Waals surface area (Å²) in [5.41, 5.74) is 2.19. The molecule has 0 spiro atoms. The number of oxazole rings is 1. The van der Waals surface area contributed by atoms with Gasteiger partial charge in [0, 0.05) is 23.9 Å². The van der Waals surface area contributed by atoms with E-state index >= 15 is 0 Å². The first kappa shape index (κ1) is 12.2. The lowest BCUT2D eigenvalue weighted by molar-refractivity contribution is 0.00299. The van der Waals surface area contributed by atoms with E-state index in [0.717, 1.165) is 36.5 Å².